The number of alkyl halides is 1. The molecule has 0 aromatic heterocycles. The van der Waals surface area contributed by atoms with E-state index in [4.69, 9.17) is 0 Å². The van der Waals surface area contributed by atoms with E-state index in [0.29, 0.717) is 29.9 Å². The van der Waals surface area contributed by atoms with Crippen LogP contribution in [0.25, 0.3) is 0 Å². The summed E-state index contributed by atoms with van der Waals surface area (Å²) in [4.78, 5) is 14.7. The van der Waals surface area contributed by atoms with Gasteiger partial charge in [0.25, 0.3) is 5.91 Å². The highest BCUT2D eigenvalue weighted by Gasteiger charge is 2.26. The largest absolute Gasteiger partial charge is 0.507 e. The van der Waals surface area contributed by atoms with Crippen LogP contribution in [-0.2, 0) is 24.8 Å². The molecule has 0 saturated carbocycles. The summed E-state index contributed by atoms with van der Waals surface area (Å²) in [6.07, 6.45) is 0.891. The molecule has 0 bridgehead atoms. The number of nitrogens with zero attached hydrogens (tertiary/aromatic N) is 1. The van der Waals surface area contributed by atoms with Crippen LogP contribution in [0.3, 0.4) is 0 Å². The summed E-state index contributed by atoms with van der Waals surface area (Å²) in [7, 11) is 0. The zero-order chi connectivity index (χ0) is 17.3. The lowest BCUT2D eigenvalue weighted by atomic mass is 9.95. The van der Waals surface area contributed by atoms with Crippen LogP contribution >= 0.6 is 15.9 Å². The van der Waals surface area contributed by atoms with E-state index in [1.807, 2.05) is 18.2 Å². The molecule has 1 aliphatic rings. The third-order valence-corrected chi connectivity index (χ3v) is 5.05. The molecule has 3 nitrogen and oxygen atoms in total. The topological polar surface area (TPSA) is 40.5 Å². The minimum atomic E-state index is -0.102. The zero-order valence-corrected chi connectivity index (χ0v) is 15.6. The van der Waals surface area contributed by atoms with Crippen LogP contribution < -0.4 is 0 Å². The van der Waals surface area contributed by atoms with Crippen molar-refractivity contribution in [1.29, 1.82) is 0 Å². The third kappa shape index (κ3) is 3.34. The van der Waals surface area contributed by atoms with Gasteiger partial charge in [0.15, 0.2) is 0 Å². The van der Waals surface area contributed by atoms with Gasteiger partial charge in [-0.05, 0) is 46.7 Å². The molecule has 126 valence electrons. The highest BCUT2D eigenvalue weighted by molar-refractivity contribution is 9.08. The molecule has 0 saturated heterocycles. The quantitative estimate of drug-likeness (QED) is 0.776. The van der Waals surface area contributed by atoms with E-state index >= 15 is 0 Å². The summed E-state index contributed by atoms with van der Waals surface area (Å²) in [6.45, 7) is 5.52. The molecule has 0 aliphatic carbocycles. The van der Waals surface area contributed by atoms with Crippen molar-refractivity contribution in [3.05, 3.63) is 64.2 Å². The molecule has 0 atom stereocenters. The highest BCUT2D eigenvalue weighted by Crippen LogP contribution is 2.30. The van der Waals surface area contributed by atoms with Gasteiger partial charge in [0.05, 0.1) is 5.56 Å². The van der Waals surface area contributed by atoms with Crippen LogP contribution in [0.5, 0.6) is 5.75 Å². The first-order chi connectivity index (χ1) is 11.5. The predicted molar refractivity (Wildman–Crippen MR) is 99.3 cm³/mol. The number of hydrogen-bond acceptors (Lipinski definition) is 2. The molecule has 2 aromatic carbocycles. The number of halogens is 1. The summed E-state index contributed by atoms with van der Waals surface area (Å²) in [6, 6.07) is 11.7. The van der Waals surface area contributed by atoms with E-state index < -0.39 is 0 Å². The Morgan fingerprint density at radius 3 is 2.33 bits per heavy atom. The van der Waals surface area contributed by atoms with Gasteiger partial charge in [-0.3, -0.25) is 4.79 Å². The summed E-state index contributed by atoms with van der Waals surface area (Å²) in [5.74, 6) is 0.457. The monoisotopic (exact) mass is 387 g/mol. The molecule has 0 spiro atoms. The lowest BCUT2D eigenvalue weighted by Crippen LogP contribution is -2.25. The van der Waals surface area contributed by atoms with E-state index in [-0.39, 0.29) is 11.7 Å². The summed E-state index contributed by atoms with van der Waals surface area (Å²) < 4.78 is 0. The third-order valence-electron chi connectivity index (χ3n) is 4.45. The van der Waals surface area contributed by atoms with Crippen LogP contribution in [0.2, 0.25) is 0 Å². The molecule has 24 heavy (non-hydrogen) atoms. The Hall–Kier alpha value is -1.81. The van der Waals surface area contributed by atoms with Gasteiger partial charge >= 0.3 is 0 Å². The van der Waals surface area contributed by atoms with Crippen LogP contribution in [0.15, 0.2) is 36.4 Å². The molecule has 3 rings (SSSR count). The molecule has 0 unspecified atom stereocenters. The number of carbonyl (C=O) groups excluding carboxylic acids is 1. The van der Waals surface area contributed by atoms with Gasteiger partial charge in [-0.2, -0.15) is 0 Å². The Bertz CT molecular complexity index is 745. The molecule has 2 aromatic rings. The average molecular weight is 388 g/mol. The lowest BCUT2D eigenvalue weighted by molar-refractivity contribution is 0.0748. The molecule has 1 heterocycles. The second kappa shape index (κ2) is 6.98. The molecule has 1 N–H and O–H groups in total. The van der Waals surface area contributed by atoms with Crippen molar-refractivity contribution in [3.8, 4) is 5.75 Å². The number of hydrogen-bond donors (Lipinski definition) is 1. The standard InChI is InChI=1S/C20H22BrNO2/c1-13(2)7-16-8-18(19(23)9-17(16)10-21)20(24)22-11-14-5-3-4-6-15(14)12-22/h3-6,8-9,13,23H,7,10-12H2,1-2H3. The lowest BCUT2D eigenvalue weighted by Gasteiger charge is -2.19. The number of benzene rings is 2. The minimum Gasteiger partial charge on any atom is -0.507 e. The molecule has 1 amide bonds. The van der Waals surface area contributed by atoms with E-state index in [0.717, 1.165) is 17.5 Å². The van der Waals surface area contributed by atoms with Crippen LogP contribution in [0.4, 0.5) is 0 Å². The van der Waals surface area contributed by atoms with Crippen molar-refractivity contribution < 1.29 is 9.90 Å². The summed E-state index contributed by atoms with van der Waals surface area (Å²) in [5, 5.41) is 11.0. The van der Waals surface area contributed by atoms with E-state index in [9.17, 15) is 9.90 Å². The molecular formula is C20H22BrNO2. The second-order valence-corrected chi connectivity index (χ2v) is 7.36. The Labute approximate surface area is 151 Å². The van der Waals surface area contributed by atoms with Gasteiger partial charge in [-0.25, -0.2) is 0 Å². The summed E-state index contributed by atoms with van der Waals surface area (Å²) in [5.41, 5.74) is 4.94. The maximum Gasteiger partial charge on any atom is 0.258 e. The second-order valence-electron chi connectivity index (χ2n) is 6.80. The van der Waals surface area contributed by atoms with Gasteiger partial charge in [0, 0.05) is 18.4 Å². The number of phenolic OH excluding ortho intramolecular Hbond substituents is 1. The van der Waals surface area contributed by atoms with Crippen molar-refractivity contribution in [3.63, 3.8) is 0 Å². The van der Waals surface area contributed by atoms with Crippen LogP contribution in [0, 0.1) is 5.92 Å². The number of phenols is 1. The molecular weight excluding hydrogens is 366 g/mol. The Kier molecular flexibility index (Phi) is 4.95. The zero-order valence-electron chi connectivity index (χ0n) is 14.1. The fraction of sp³-hybridized carbons (Fsp3) is 0.350. The van der Waals surface area contributed by atoms with Crippen molar-refractivity contribution in [2.24, 2.45) is 5.92 Å². The van der Waals surface area contributed by atoms with Crippen molar-refractivity contribution >= 4 is 21.8 Å². The number of amides is 1. The minimum absolute atomic E-state index is 0.0675. The fourth-order valence-electron chi connectivity index (χ4n) is 3.25. The number of rotatable bonds is 4. The predicted octanol–water partition coefficient (Wildman–Crippen LogP) is 4.64. The van der Waals surface area contributed by atoms with Gasteiger partial charge in [-0.15, -0.1) is 0 Å². The van der Waals surface area contributed by atoms with Gasteiger partial charge in [0.2, 0.25) is 0 Å². The Morgan fingerprint density at radius 2 is 1.79 bits per heavy atom. The van der Waals surface area contributed by atoms with Gasteiger partial charge < -0.3 is 10.0 Å². The number of aromatic hydroxyl groups is 1. The normalized spacial score (nSPS) is 13.4. The first-order valence-corrected chi connectivity index (χ1v) is 9.38. The number of carbonyl (C=O) groups is 1. The SMILES string of the molecule is CC(C)Cc1cc(C(=O)N2Cc3ccccc3C2)c(O)cc1CBr. The average Bonchev–Trinajstić information content (AvgIpc) is 2.99. The van der Waals surface area contributed by atoms with Crippen molar-refractivity contribution in [2.75, 3.05) is 0 Å². The Morgan fingerprint density at radius 1 is 1.17 bits per heavy atom. The smallest absolute Gasteiger partial charge is 0.258 e. The molecule has 4 heteroatoms. The Balaban J connectivity index is 1.90. The van der Waals surface area contributed by atoms with Gasteiger partial charge in [0.1, 0.15) is 5.75 Å². The van der Waals surface area contributed by atoms with E-state index in [2.05, 4.69) is 41.9 Å². The van der Waals surface area contributed by atoms with Crippen molar-refractivity contribution in [2.45, 2.75) is 38.7 Å². The van der Waals surface area contributed by atoms with E-state index in [1.54, 1.807) is 11.0 Å². The molecule has 0 radical (unpaired) electrons. The maximum absolute atomic E-state index is 12.9. The van der Waals surface area contributed by atoms with Gasteiger partial charge in [-0.1, -0.05) is 54.0 Å². The van der Waals surface area contributed by atoms with Crippen molar-refractivity contribution in [1.82, 2.24) is 4.90 Å². The number of fused-ring (bicyclic) bond motifs is 1. The summed E-state index contributed by atoms with van der Waals surface area (Å²) >= 11 is 3.47. The first kappa shape index (κ1) is 17.0. The van der Waals surface area contributed by atoms with Crippen LogP contribution in [-0.4, -0.2) is 15.9 Å². The first-order valence-electron chi connectivity index (χ1n) is 8.26. The highest BCUT2D eigenvalue weighted by atomic mass is 79.9. The van der Waals surface area contributed by atoms with Crippen LogP contribution in [0.1, 0.15) is 46.5 Å². The maximum atomic E-state index is 12.9. The van der Waals surface area contributed by atoms with E-state index in [1.165, 1.54) is 11.1 Å². The fourth-order valence-corrected chi connectivity index (χ4v) is 3.77. The molecule has 0 fully saturated rings. The molecule has 1 aliphatic heterocycles.